The van der Waals surface area contributed by atoms with Crippen molar-refractivity contribution in [3.63, 3.8) is 0 Å². The molecule has 0 radical (unpaired) electrons. The third-order valence-electron chi connectivity index (χ3n) is 4.29. The van der Waals surface area contributed by atoms with E-state index in [1.54, 1.807) is 12.1 Å². The topological polar surface area (TPSA) is 75.6 Å². The normalized spacial score (nSPS) is 20.0. The van der Waals surface area contributed by atoms with Crippen LogP contribution in [0, 0.1) is 11.3 Å². The summed E-state index contributed by atoms with van der Waals surface area (Å²) < 4.78 is 5.02. The van der Waals surface area contributed by atoms with E-state index in [0.717, 1.165) is 19.3 Å². The summed E-state index contributed by atoms with van der Waals surface area (Å²) in [7, 11) is 1.47. The van der Waals surface area contributed by atoms with Crippen molar-refractivity contribution in [3.8, 4) is 5.75 Å². The molecule has 5 nitrogen and oxygen atoms in total. The molecule has 21 heavy (non-hydrogen) atoms. The molecule has 1 aliphatic rings. The van der Waals surface area contributed by atoms with Crippen molar-refractivity contribution in [2.75, 3.05) is 12.4 Å². The summed E-state index contributed by atoms with van der Waals surface area (Å²) in [5.41, 5.74) is 0.314. The fourth-order valence-electron chi connectivity index (χ4n) is 2.97. The average molecular weight is 291 g/mol. The van der Waals surface area contributed by atoms with Gasteiger partial charge in [-0.15, -0.1) is 0 Å². The second kappa shape index (κ2) is 5.76. The first-order valence-corrected chi connectivity index (χ1v) is 7.07. The predicted octanol–water partition coefficient (Wildman–Crippen LogP) is 3.16. The summed E-state index contributed by atoms with van der Waals surface area (Å²) in [5, 5.41) is 12.0. The van der Waals surface area contributed by atoms with Gasteiger partial charge in [-0.2, -0.15) is 0 Å². The molecule has 1 aliphatic carbocycles. The Hall–Kier alpha value is -2.04. The van der Waals surface area contributed by atoms with E-state index in [4.69, 9.17) is 4.74 Å². The quantitative estimate of drug-likeness (QED) is 0.893. The van der Waals surface area contributed by atoms with Crippen LogP contribution in [0.4, 0.5) is 5.69 Å². The number of nitrogens with one attached hydrogen (secondary N) is 1. The minimum atomic E-state index is -1.09. The number of amides is 1. The second-order valence-electron chi connectivity index (χ2n) is 6.14. The lowest BCUT2D eigenvalue weighted by atomic mass is 9.81. The van der Waals surface area contributed by atoms with Crippen molar-refractivity contribution in [2.45, 2.75) is 33.1 Å². The number of methoxy groups -OCH3 is 1. The molecule has 1 aromatic carbocycles. The summed E-state index contributed by atoms with van der Waals surface area (Å²) in [6.07, 6.45) is 2.89. The Labute approximate surface area is 124 Å². The molecule has 2 rings (SSSR count). The zero-order chi connectivity index (χ0) is 15.6. The highest BCUT2D eigenvalue weighted by molar-refractivity contribution is 6.01. The number of carboxylic acids is 1. The van der Waals surface area contributed by atoms with E-state index in [9.17, 15) is 14.7 Å². The zero-order valence-corrected chi connectivity index (χ0v) is 12.6. The monoisotopic (exact) mass is 291 g/mol. The van der Waals surface area contributed by atoms with Gasteiger partial charge < -0.3 is 15.2 Å². The van der Waals surface area contributed by atoms with Gasteiger partial charge in [0.05, 0.1) is 18.4 Å². The van der Waals surface area contributed by atoms with Crippen LogP contribution < -0.4 is 10.1 Å². The molecule has 114 valence electrons. The van der Waals surface area contributed by atoms with Gasteiger partial charge in [0.15, 0.2) is 0 Å². The fourth-order valence-corrected chi connectivity index (χ4v) is 2.97. The molecule has 1 unspecified atom stereocenters. The van der Waals surface area contributed by atoms with E-state index < -0.39 is 5.97 Å². The molecule has 1 saturated carbocycles. The van der Waals surface area contributed by atoms with Gasteiger partial charge in [0, 0.05) is 5.92 Å². The van der Waals surface area contributed by atoms with Crippen molar-refractivity contribution in [1.29, 1.82) is 0 Å². The van der Waals surface area contributed by atoms with Gasteiger partial charge in [0.25, 0.3) is 0 Å². The number of anilines is 1. The van der Waals surface area contributed by atoms with Crippen LogP contribution in [0.5, 0.6) is 5.75 Å². The van der Waals surface area contributed by atoms with Crippen LogP contribution >= 0.6 is 0 Å². The van der Waals surface area contributed by atoms with E-state index in [2.05, 4.69) is 19.2 Å². The first kappa shape index (κ1) is 15.4. The maximum absolute atomic E-state index is 12.4. The van der Waals surface area contributed by atoms with Crippen molar-refractivity contribution in [2.24, 2.45) is 11.3 Å². The Kier molecular flexibility index (Phi) is 4.21. The standard InChI is InChI=1S/C16H21NO4/c1-16(2)8-4-5-12(16)14(18)17-13-7-6-10(21-3)9-11(13)15(19)20/h6-7,9,12H,4-5,8H2,1-3H3,(H,17,18)(H,19,20). The lowest BCUT2D eigenvalue weighted by Gasteiger charge is -2.26. The van der Waals surface area contributed by atoms with E-state index in [-0.39, 0.29) is 22.8 Å². The highest BCUT2D eigenvalue weighted by atomic mass is 16.5. The Morgan fingerprint density at radius 2 is 2.10 bits per heavy atom. The van der Waals surface area contributed by atoms with Gasteiger partial charge in [-0.1, -0.05) is 20.3 Å². The summed E-state index contributed by atoms with van der Waals surface area (Å²) in [4.78, 5) is 23.7. The number of ether oxygens (including phenoxy) is 1. The lowest BCUT2D eigenvalue weighted by molar-refractivity contribution is -0.122. The fraction of sp³-hybridized carbons (Fsp3) is 0.500. The highest BCUT2D eigenvalue weighted by Gasteiger charge is 2.39. The minimum Gasteiger partial charge on any atom is -0.497 e. The van der Waals surface area contributed by atoms with Gasteiger partial charge in [-0.3, -0.25) is 4.79 Å². The lowest BCUT2D eigenvalue weighted by Crippen LogP contribution is -2.31. The van der Waals surface area contributed by atoms with E-state index in [0.29, 0.717) is 11.4 Å². The molecule has 1 atom stereocenters. The van der Waals surface area contributed by atoms with Crippen LogP contribution in [0.1, 0.15) is 43.5 Å². The van der Waals surface area contributed by atoms with Gasteiger partial charge in [-0.05, 0) is 36.5 Å². The molecular formula is C16H21NO4. The van der Waals surface area contributed by atoms with Crippen molar-refractivity contribution in [3.05, 3.63) is 23.8 Å². The summed E-state index contributed by atoms with van der Waals surface area (Å²) >= 11 is 0. The molecule has 2 N–H and O–H groups in total. The van der Waals surface area contributed by atoms with Crippen LogP contribution in [0.3, 0.4) is 0 Å². The van der Waals surface area contributed by atoms with E-state index >= 15 is 0 Å². The molecule has 5 heteroatoms. The molecule has 0 aromatic heterocycles. The van der Waals surface area contributed by atoms with Gasteiger partial charge in [-0.25, -0.2) is 4.79 Å². The van der Waals surface area contributed by atoms with Gasteiger partial charge in [0.1, 0.15) is 5.75 Å². The molecule has 0 heterocycles. The number of carbonyl (C=O) groups is 2. The number of aromatic carboxylic acids is 1. The van der Waals surface area contributed by atoms with Crippen molar-refractivity contribution < 1.29 is 19.4 Å². The van der Waals surface area contributed by atoms with E-state index in [1.807, 2.05) is 0 Å². The van der Waals surface area contributed by atoms with Crippen LogP contribution in [-0.4, -0.2) is 24.1 Å². The Morgan fingerprint density at radius 3 is 2.62 bits per heavy atom. The molecule has 0 bridgehead atoms. The maximum Gasteiger partial charge on any atom is 0.337 e. The zero-order valence-electron chi connectivity index (χ0n) is 12.6. The van der Waals surface area contributed by atoms with Crippen LogP contribution in [0.15, 0.2) is 18.2 Å². The summed E-state index contributed by atoms with van der Waals surface area (Å²) in [5.74, 6) is -0.826. The minimum absolute atomic E-state index is 0.0403. The van der Waals surface area contributed by atoms with Crippen molar-refractivity contribution >= 4 is 17.6 Å². The van der Waals surface area contributed by atoms with Crippen LogP contribution in [-0.2, 0) is 4.79 Å². The van der Waals surface area contributed by atoms with Crippen LogP contribution in [0.25, 0.3) is 0 Å². The van der Waals surface area contributed by atoms with Gasteiger partial charge >= 0.3 is 5.97 Å². The first-order valence-electron chi connectivity index (χ1n) is 7.07. The molecule has 0 spiro atoms. The third-order valence-corrected chi connectivity index (χ3v) is 4.29. The largest absolute Gasteiger partial charge is 0.497 e. The number of hydrogen-bond donors (Lipinski definition) is 2. The number of hydrogen-bond acceptors (Lipinski definition) is 3. The average Bonchev–Trinajstić information content (AvgIpc) is 2.78. The first-order chi connectivity index (χ1) is 9.85. The Morgan fingerprint density at radius 1 is 1.38 bits per heavy atom. The summed E-state index contributed by atoms with van der Waals surface area (Å²) in [6.45, 7) is 4.16. The van der Waals surface area contributed by atoms with Gasteiger partial charge in [0.2, 0.25) is 5.91 Å². The van der Waals surface area contributed by atoms with Crippen molar-refractivity contribution in [1.82, 2.24) is 0 Å². The molecule has 1 amide bonds. The molecule has 0 saturated heterocycles. The highest BCUT2D eigenvalue weighted by Crippen LogP contribution is 2.43. The Balaban J connectivity index is 2.23. The second-order valence-corrected chi connectivity index (χ2v) is 6.14. The molecule has 1 aromatic rings. The maximum atomic E-state index is 12.4. The molecule has 1 fully saturated rings. The number of carbonyl (C=O) groups excluding carboxylic acids is 1. The summed E-state index contributed by atoms with van der Waals surface area (Å²) in [6, 6.07) is 4.63. The molecule has 0 aliphatic heterocycles. The number of rotatable bonds is 4. The van der Waals surface area contributed by atoms with Crippen LogP contribution in [0.2, 0.25) is 0 Å². The predicted molar refractivity (Wildman–Crippen MR) is 79.7 cm³/mol. The third kappa shape index (κ3) is 3.17. The Bertz CT molecular complexity index is 565. The number of benzene rings is 1. The SMILES string of the molecule is COc1ccc(NC(=O)C2CCCC2(C)C)c(C(=O)O)c1. The number of carboxylic acid groups (broad SMARTS) is 1. The smallest absolute Gasteiger partial charge is 0.337 e. The van der Waals surface area contributed by atoms with E-state index in [1.165, 1.54) is 13.2 Å². The molecular weight excluding hydrogens is 270 g/mol.